The largest absolute Gasteiger partial charge is 0.306 e. The molecule has 1 aromatic rings. The molecule has 21 heavy (non-hydrogen) atoms. The van der Waals surface area contributed by atoms with Gasteiger partial charge in [0.15, 0.2) is 12.8 Å². The van der Waals surface area contributed by atoms with Crippen molar-refractivity contribution in [1.29, 1.82) is 0 Å². The van der Waals surface area contributed by atoms with Crippen LogP contribution in [0, 0.1) is 0 Å². The second kappa shape index (κ2) is 8.36. The molecule has 0 N–H and O–H groups in total. The summed E-state index contributed by atoms with van der Waals surface area (Å²) in [7, 11) is 0. The van der Waals surface area contributed by atoms with Gasteiger partial charge in [0.05, 0.1) is 0 Å². The first-order valence-corrected chi connectivity index (χ1v) is 7.29. The molecule has 7 heteroatoms. The molecule has 0 amide bonds. The molecule has 1 rings (SSSR count). The van der Waals surface area contributed by atoms with E-state index in [4.69, 9.17) is 0 Å². The van der Waals surface area contributed by atoms with Gasteiger partial charge in [0.2, 0.25) is 5.12 Å². The van der Waals surface area contributed by atoms with Crippen LogP contribution in [0.3, 0.4) is 0 Å². The molecular weight excluding hydrogens is 311 g/mol. The van der Waals surface area contributed by atoms with Crippen molar-refractivity contribution in [3.63, 3.8) is 0 Å². The molecule has 0 bridgehead atoms. The second-order valence-electron chi connectivity index (χ2n) is 4.49. The van der Waals surface area contributed by atoms with Gasteiger partial charge in [-0.05, 0) is 6.42 Å². The molecule has 0 aliphatic heterocycles. The molecule has 0 radical (unpaired) electrons. The van der Waals surface area contributed by atoms with Crippen LogP contribution in [0.1, 0.15) is 23.2 Å². The van der Waals surface area contributed by atoms with Crippen LogP contribution in [-0.2, 0) is 0 Å². The highest BCUT2D eigenvalue weighted by Gasteiger charge is 2.41. The summed E-state index contributed by atoms with van der Waals surface area (Å²) in [6.45, 7) is -2.15. The molecule has 0 spiro atoms. The number of hydrogen-bond acceptors (Lipinski definition) is 2. The Morgan fingerprint density at radius 2 is 1.81 bits per heavy atom. The van der Waals surface area contributed by atoms with E-state index >= 15 is 0 Å². The lowest BCUT2D eigenvalue weighted by atomic mass is 10.1. The number of alkyl halides is 5. The van der Waals surface area contributed by atoms with E-state index in [0.717, 1.165) is 11.8 Å². The summed E-state index contributed by atoms with van der Waals surface area (Å²) in [6.07, 6.45) is -6.01. The Bertz CT molecular complexity index is 440. The van der Waals surface area contributed by atoms with Crippen LogP contribution in [0.4, 0.5) is 22.0 Å². The Kier molecular flexibility index (Phi) is 7.14. The van der Waals surface area contributed by atoms with Crippen molar-refractivity contribution in [2.24, 2.45) is 0 Å². The van der Waals surface area contributed by atoms with Crippen LogP contribution in [-0.4, -0.2) is 35.8 Å². The zero-order valence-corrected chi connectivity index (χ0v) is 11.9. The first-order valence-electron chi connectivity index (χ1n) is 6.31. The molecular formula is C14H15F5OS. The summed E-state index contributed by atoms with van der Waals surface area (Å²) in [5.74, 6) is -4.11. The van der Waals surface area contributed by atoms with Gasteiger partial charge in [0.1, 0.15) is 6.17 Å². The molecule has 0 saturated heterocycles. The highest BCUT2D eigenvalue weighted by atomic mass is 32.2. The number of benzene rings is 1. The van der Waals surface area contributed by atoms with Crippen LogP contribution in [0.25, 0.3) is 0 Å². The summed E-state index contributed by atoms with van der Waals surface area (Å²) >= 11 is 0.835. The van der Waals surface area contributed by atoms with Crippen LogP contribution in [0.15, 0.2) is 30.3 Å². The molecule has 0 aromatic heterocycles. The molecule has 2 unspecified atom stereocenters. The standard InChI is InChI=1S/C14H15F5OS/c15-9-14(18,19)12(17)8-11(16)6-7-21-13(20)10-4-2-1-3-5-10/h1-5,11-12H,6-9H2. The average Bonchev–Trinajstić information content (AvgIpc) is 2.47. The quantitative estimate of drug-likeness (QED) is 0.648. The summed E-state index contributed by atoms with van der Waals surface area (Å²) in [6, 6.07) is 8.30. The molecule has 118 valence electrons. The minimum atomic E-state index is -4.16. The molecule has 0 fully saturated rings. The lowest BCUT2D eigenvalue weighted by Crippen LogP contribution is -2.34. The van der Waals surface area contributed by atoms with Crippen molar-refractivity contribution in [2.75, 3.05) is 12.4 Å². The summed E-state index contributed by atoms with van der Waals surface area (Å²) in [5, 5.41) is -0.270. The SMILES string of the molecule is O=C(SCCC(F)CC(F)C(F)(F)CF)c1ccccc1. The monoisotopic (exact) mass is 326 g/mol. The zero-order chi connectivity index (χ0) is 15.9. The Hall–Kier alpha value is -1.11. The van der Waals surface area contributed by atoms with Crippen molar-refractivity contribution in [3.8, 4) is 0 Å². The predicted octanol–water partition coefficient (Wildman–Crippen LogP) is 4.62. The molecule has 0 heterocycles. The van der Waals surface area contributed by atoms with Gasteiger partial charge >= 0.3 is 5.92 Å². The smallest absolute Gasteiger partial charge is 0.282 e. The fraction of sp³-hybridized carbons (Fsp3) is 0.500. The lowest BCUT2D eigenvalue weighted by molar-refractivity contribution is -0.0958. The number of halogens is 5. The molecule has 1 nitrogen and oxygen atoms in total. The van der Waals surface area contributed by atoms with Gasteiger partial charge in [-0.2, -0.15) is 0 Å². The Morgan fingerprint density at radius 3 is 2.38 bits per heavy atom. The van der Waals surface area contributed by atoms with Gasteiger partial charge in [-0.15, -0.1) is 0 Å². The molecule has 1 aromatic carbocycles. The Labute approximate surface area is 123 Å². The van der Waals surface area contributed by atoms with Gasteiger partial charge in [-0.3, -0.25) is 4.79 Å². The number of hydrogen-bond donors (Lipinski definition) is 0. The normalized spacial score (nSPS) is 14.7. The molecule has 0 aliphatic rings. The predicted molar refractivity (Wildman–Crippen MR) is 73.2 cm³/mol. The van der Waals surface area contributed by atoms with Crippen molar-refractivity contribution in [1.82, 2.24) is 0 Å². The van der Waals surface area contributed by atoms with E-state index in [1.54, 1.807) is 30.3 Å². The van der Waals surface area contributed by atoms with Crippen molar-refractivity contribution in [3.05, 3.63) is 35.9 Å². The third-order valence-corrected chi connectivity index (χ3v) is 3.71. The van der Waals surface area contributed by atoms with Gasteiger partial charge in [-0.1, -0.05) is 42.1 Å². The van der Waals surface area contributed by atoms with E-state index in [9.17, 15) is 26.7 Å². The Morgan fingerprint density at radius 1 is 1.19 bits per heavy atom. The maximum atomic E-state index is 13.4. The fourth-order valence-corrected chi connectivity index (χ4v) is 2.40. The second-order valence-corrected chi connectivity index (χ2v) is 5.55. The molecule has 0 aliphatic carbocycles. The highest BCUT2D eigenvalue weighted by molar-refractivity contribution is 8.14. The Balaban J connectivity index is 2.31. The van der Waals surface area contributed by atoms with Crippen molar-refractivity contribution >= 4 is 16.9 Å². The number of carbonyl (C=O) groups is 1. The first kappa shape index (κ1) is 17.9. The van der Waals surface area contributed by atoms with Crippen LogP contribution < -0.4 is 0 Å². The maximum Gasteiger partial charge on any atom is 0.306 e. The number of thioether (sulfide) groups is 1. The van der Waals surface area contributed by atoms with E-state index in [0.29, 0.717) is 5.56 Å². The first-order chi connectivity index (χ1) is 9.86. The van der Waals surface area contributed by atoms with Crippen molar-refractivity contribution < 1.29 is 26.7 Å². The fourth-order valence-electron chi connectivity index (χ4n) is 1.54. The van der Waals surface area contributed by atoms with Gasteiger partial charge in [0.25, 0.3) is 0 Å². The van der Waals surface area contributed by atoms with Crippen LogP contribution in [0.5, 0.6) is 0 Å². The van der Waals surface area contributed by atoms with E-state index < -0.39 is 31.4 Å². The van der Waals surface area contributed by atoms with E-state index in [-0.39, 0.29) is 17.3 Å². The third kappa shape index (κ3) is 6.03. The number of rotatable bonds is 8. The topological polar surface area (TPSA) is 17.1 Å². The maximum absolute atomic E-state index is 13.4. The average molecular weight is 326 g/mol. The summed E-state index contributed by atoms with van der Waals surface area (Å²) in [5.41, 5.74) is 0.449. The minimum absolute atomic E-state index is 0.0445. The van der Waals surface area contributed by atoms with Crippen LogP contribution in [0.2, 0.25) is 0 Å². The summed E-state index contributed by atoms with van der Waals surface area (Å²) in [4.78, 5) is 11.7. The third-order valence-electron chi connectivity index (χ3n) is 2.77. The molecule has 0 saturated carbocycles. The van der Waals surface area contributed by atoms with Gasteiger partial charge < -0.3 is 0 Å². The van der Waals surface area contributed by atoms with Gasteiger partial charge in [-0.25, -0.2) is 22.0 Å². The van der Waals surface area contributed by atoms with E-state index in [2.05, 4.69) is 0 Å². The number of carbonyl (C=O) groups excluding carboxylic acids is 1. The summed E-state index contributed by atoms with van der Waals surface area (Å²) < 4.78 is 63.4. The molecule has 2 atom stereocenters. The van der Waals surface area contributed by atoms with Crippen molar-refractivity contribution in [2.45, 2.75) is 31.1 Å². The van der Waals surface area contributed by atoms with Crippen LogP contribution >= 0.6 is 11.8 Å². The minimum Gasteiger partial charge on any atom is -0.282 e. The highest BCUT2D eigenvalue weighted by Crippen LogP contribution is 2.27. The lowest BCUT2D eigenvalue weighted by Gasteiger charge is -2.18. The van der Waals surface area contributed by atoms with Gasteiger partial charge in [0, 0.05) is 17.7 Å². The van der Waals surface area contributed by atoms with E-state index in [1.165, 1.54) is 0 Å². The zero-order valence-electron chi connectivity index (χ0n) is 11.1. The van der Waals surface area contributed by atoms with E-state index in [1.807, 2.05) is 0 Å².